The van der Waals surface area contributed by atoms with E-state index in [0.29, 0.717) is 12.0 Å². The molecule has 1 aromatic rings. The molecule has 3 aliphatic heterocycles. The molecule has 0 saturated carbocycles. The van der Waals surface area contributed by atoms with Gasteiger partial charge in [0.05, 0.1) is 11.1 Å². The molecule has 0 amide bonds. The Kier molecular flexibility index (Phi) is 5.10. The Labute approximate surface area is 176 Å². The SMILES string of the molecule is Fc1ccc(NC(=S)N2CCCC3=C[C@H]4C[C@H](CN5CCCC[C@H]45)[C@@H]32)cc1Cl. The Morgan fingerprint density at radius 3 is 2.96 bits per heavy atom. The maximum absolute atomic E-state index is 13.5. The predicted molar refractivity (Wildman–Crippen MR) is 116 cm³/mol. The summed E-state index contributed by atoms with van der Waals surface area (Å²) in [4.78, 5) is 5.13. The molecule has 1 N–H and O–H groups in total. The molecular weight excluding hydrogens is 393 g/mol. The highest BCUT2D eigenvalue weighted by Crippen LogP contribution is 2.45. The topological polar surface area (TPSA) is 18.5 Å². The Bertz CT molecular complexity index is 813. The zero-order valence-electron chi connectivity index (χ0n) is 16.0. The van der Waals surface area contributed by atoms with Crippen molar-refractivity contribution in [2.24, 2.45) is 11.8 Å². The van der Waals surface area contributed by atoms with Crippen LogP contribution >= 0.6 is 23.8 Å². The molecule has 5 rings (SSSR count). The molecule has 0 radical (unpaired) electrons. The first-order valence-electron chi connectivity index (χ1n) is 10.6. The molecule has 4 aliphatic rings. The lowest BCUT2D eigenvalue weighted by molar-refractivity contribution is 0.0132. The van der Waals surface area contributed by atoms with Crippen molar-refractivity contribution in [1.82, 2.24) is 9.80 Å². The molecule has 1 aliphatic carbocycles. The van der Waals surface area contributed by atoms with Crippen molar-refractivity contribution in [2.75, 3.05) is 25.0 Å². The first-order chi connectivity index (χ1) is 13.6. The first kappa shape index (κ1) is 18.8. The molecular formula is C22H27ClFN3S. The minimum Gasteiger partial charge on any atom is -0.342 e. The van der Waals surface area contributed by atoms with Crippen LogP contribution in [0.3, 0.4) is 0 Å². The highest BCUT2D eigenvalue weighted by Gasteiger charge is 2.46. The van der Waals surface area contributed by atoms with Gasteiger partial charge in [0.25, 0.3) is 0 Å². The number of anilines is 1. The van der Waals surface area contributed by atoms with Gasteiger partial charge in [0.15, 0.2) is 5.11 Å². The van der Waals surface area contributed by atoms with Crippen molar-refractivity contribution >= 4 is 34.6 Å². The summed E-state index contributed by atoms with van der Waals surface area (Å²) in [7, 11) is 0. The number of piperidine rings is 3. The quantitative estimate of drug-likeness (QED) is 0.505. The van der Waals surface area contributed by atoms with Gasteiger partial charge in [-0.3, -0.25) is 4.90 Å². The number of thiocarbonyl (C=S) groups is 1. The van der Waals surface area contributed by atoms with E-state index in [2.05, 4.69) is 21.2 Å². The minimum atomic E-state index is -0.405. The molecule has 0 unspecified atom stereocenters. The number of likely N-dealkylation sites (tertiary alicyclic amines) is 1. The summed E-state index contributed by atoms with van der Waals surface area (Å²) >= 11 is 11.7. The van der Waals surface area contributed by atoms with Gasteiger partial charge in [0.2, 0.25) is 0 Å². The van der Waals surface area contributed by atoms with Crippen LogP contribution in [0.1, 0.15) is 38.5 Å². The second-order valence-electron chi connectivity index (χ2n) is 8.76. The van der Waals surface area contributed by atoms with Crippen molar-refractivity contribution < 1.29 is 4.39 Å². The zero-order chi connectivity index (χ0) is 19.3. The van der Waals surface area contributed by atoms with Crippen LogP contribution in [-0.2, 0) is 0 Å². The number of halogens is 2. The van der Waals surface area contributed by atoms with Gasteiger partial charge in [-0.2, -0.15) is 0 Å². The van der Waals surface area contributed by atoms with Crippen molar-refractivity contribution in [3.63, 3.8) is 0 Å². The van der Waals surface area contributed by atoms with Crippen molar-refractivity contribution in [3.05, 3.63) is 40.7 Å². The van der Waals surface area contributed by atoms with Gasteiger partial charge >= 0.3 is 0 Å². The molecule has 28 heavy (non-hydrogen) atoms. The largest absolute Gasteiger partial charge is 0.342 e. The fourth-order valence-corrected chi connectivity index (χ4v) is 6.47. The van der Waals surface area contributed by atoms with Crippen LogP contribution in [0.2, 0.25) is 5.02 Å². The minimum absolute atomic E-state index is 0.121. The van der Waals surface area contributed by atoms with Gasteiger partial charge in [-0.1, -0.05) is 29.7 Å². The molecule has 1 aromatic carbocycles. The number of hydrogen-bond donors (Lipinski definition) is 1. The van der Waals surface area contributed by atoms with Gasteiger partial charge < -0.3 is 10.2 Å². The van der Waals surface area contributed by atoms with E-state index < -0.39 is 5.82 Å². The molecule has 3 heterocycles. The van der Waals surface area contributed by atoms with E-state index in [9.17, 15) is 4.39 Å². The summed E-state index contributed by atoms with van der Waals surface area (Å²) in [6, 6.07) is 5.87. The average molecular weight is 420 g/mol. The monoisotopic (exact) mass is 419 g/mol. The third-order valence-corrected chi connectivity index (χ3v) is 7.72. The average Bonchev–Trinajstić information content (AvgIpc) is 2.70. The summed E-state index contributed by atoms with van der Waals surface area (Å²) in [5, 5.41) is 4.16. The summed E-state index contributed by atoms with van der Waals surface area (Å²) < 4.78 is 13.5. The molecule has 3 nitrogen and oxygen atoms in total. The fraction of sp³-hybridized carbons (Fsp3) is 0.591. The van der Waals surface area contributed by atoms with E-state index in [1.807, 2.05) is 0 Å². The molecule has 2 bridgehead atoms. The Hall–Kier alpha value is -1.17. The fourth-order valence-electron chi connectivity index (χ4n) is 5.97. The van der Waals surface area contributed by atoms with Gasteiger partial charge in [0, 0.05) is 24.8 Å². The second kappa shape index (κ2) is 7.58. The van der Waals surface area contributed by atoms with Crippen LogP contribution in [0.25, 0.3) is 0 Å². The Morgan fingerprint density at radius 2 is 2.11 bits per heavy atom. The van der Waals surface area contributed by atoms with Crippen LogP contribution in [-0.4, -0.2) is 46.6 Å². The van der Waals surface area contributed by atoms with Gasteiger partial charge in [-0.25, -0.2) is 4.39 Å². The summed E-state index contributed by atoms with van der Waals surface area (Å²) in [5.74, 6) is 0.969. The number of benzene rings is 1. The number of nitrogens with zero attached hydrogens (tertiary/aromatic N) is 2. The smallest absolute Gasteiger partial charge is 0.173 e. The normalized spacial score (nSPS) is 32.2. The number of fused-ring (bicyclic) bond motifs is 6. The number of nitrogens with one attached hydrogen (secondary N) is 1. The third-order valence-electron chi connectivity index (χ3n) is 7.09. The molecule has 0 spiro atoms. The van der Waals surface area contributed by atoms with Crippen LogP contribution in [0.4, 0.5) is 10.1 Å². The number of hydrogen-bond acceptors (Lipinski definition) is 2. The van der Waals surface area contributed by atoms with Crippen molar-refractivity contribution in [2.45, 2.75) is 50.6 Å². The van der Waals surface area contributed by atoms with Gasteiger partial charge in [-0.15, -0.1) is 0 Å². The summed E-state index contributed by atoms with van der Waals surface area (Å²) in [6.07, 6.45) is 10.3. The van der Waals surface area contributed by atoms with E-state index in [1.54, 1.807) is 17.7 Å². The van der Waals surface area contributed by atoms with Crippen LogP contribution in [0.15, 0.2) is 29.8 Å². The molecule has 6 heteroatoms. The summed E-state index contributed by atoms with van der Waals surface area (Å²) in [6.45, 7) is 3.43. The lowest BCUT2D eigenvalue weighted by Gasteiger charge is -2.55. The molecule has 3 saturated heterocycles. The van der Waals surface area contributed by atoms with E-state index in [-0.39, 0.29) is 5.02 Å². The van der Waals surface area contributed by atoms with Crippen LogP contribution < -0.4 is 5.32 Å². The summed E-state index contributed by atoms with van der Waals surface area (Å²) in [5.41, 5.74) is 2.35. The standard InChI is InChI=1S/C22H27ClFN3S/c23-18-12-17(6-7-19(18)24)25-22(28)27-9-3-4-14-10-15-11-16(21(14)27)13-26-8-2-1-5-20(15)26/h6-7,10,12,15-16,20-21H,1-5,8-9,11,13H2,(H,25,28)/t15-,16+,20+,21+/m0/s1. The molecule has 3 fully saturated rings. The lowest BCUT2D eigenvalue weighted by atomic mass is 9.68. The van der Waals surface area contributed by atoms with Crippen molar-refractivity contribution in [1.29, 1.82) is 0 Å². The van der Waals surface area contributed by atoms with Crippen LogP contribution in [0, 0.1) is 17.7 Å². The van der Waals surface area contributed by atoms with Crippen LogP contribution in [0.5, 0.6) is 0 Å². The van der Waals surface area contributed by atoms with E-state index in [4.69, 9.17) is 23.8 Å². The predicted octanol–water partition coefficient (Wildman–Crippen LogP) is 5.07. The molecule has 0 aromatic heterocycles. The van der Waals surface area contributed by atoms with Gasteiger partial charge in [0.1, 0.15) is 5.82 Å². The second-order valence-corrected chi connectivity index (χ2v) is 9.55. The first-order valence-corrected chi connectivity index (χ1v) is 11.4. The Morgan fingerprint density at radius 1 is 1.21 bits per heavy atom. The molecule has 150 valence electrons. The van der Waals surface area contributed by atoms with E-state index in [1.165, 1.54) is 51.3 Å². The number of rotatable bonds is 1. The maximum atomic E-state index is 13.5. The highest BCUT2D eigenvalue weighted by atomic mass is 35.5. The maximum Gasteiger partial charge on any atom is 0.173 e. The lowest BCUT2D eigenvalue weighted by Crippen LogP contribution is -2.60. The zero-order valence-corrected chi connectivity index (χ0v) is 17.6. The Balaban J connectivity index is 1.38. The highest BCUT2D eigenvalue weighted by molar-refractivity contribution is 7.80. The van der Waals surface area contributed by atoms with E-state index in [0.717, 1.165) is 35.7 Å². The third kappa shape index (κ3) is 3.35. The van der Waals surface area contributed by atoms with Gasteiger partial charge in [-0.05, 0) is 80.9 Å². The van der Waals surface area contributed by atoms with E-state index >= 15 is 0 Å². The van der Waals surface area contributed by atoms with Crippen molar-refractivity contribution in [3.8, 4) is 0 Å². The molecule has 4 atom stereocenters.